The molecule has 30 heavy (non-hydrogen) atoms. The van der Waals surface area contributed by atoms with E-state index >= 15 is 0 Å². The molecule has 0 atom stereocenters. The van der Waals surface area contributed by atoms with Gasteiger partial charge in [0.1, 0.15) is 11.3 Å². The molecule has 5 rings (SSSR count). The quantitative estimate of drug-likeness (QED) is 0.378. The summed E-state index contributed by atoms with van der Waals surface area (Å²) in [5.41, 5.74) is 2.32. The second-order valence-electron chi connectivity index (χ2n) is 6.54. The molecule has 0 fully saturated rings. The third-order valence-electron chi connectivity index (χ3n) is 4.67. The van der Waals surface area contributed by atoms with Crippen LogP contribution in [0.15, 0.2) is 75.5 Å². The van der Waals surface area contributed by atoms with Gasteiger partial charge >= 0.3 is 11.3 Å². The minimum atomic E-state index is -0.506. The largest absolute Gasteiger partial charge is 0.505 e. The van der Waals surface area contributed by atoms with Crippen molar-refractivity contribution in [1.29, 1.82) is 0 Å². The maximum absolute atomic E-state index is 12.3. The zero-order valence-corrected chi connectivity index (χ0v) is 16.4. The smallest absolute Gasteiger partial charge is 0.437 e. The SMILES string of the molecule is O=c1o[nH][n+](-c2ccccc2)c1-c1csc(NCc2ccc3cccnc3c2O)n1. The predicted molar refractivity (Wildman–Crippen MR) is 113 cm³/mol. The average molecular weight is 418 g/mol. The lowest BCUT2D eigenvalue weighted by Gasteiger charge is -2.07. The van der Waals surface area contributed by atoms with Crippen molar-refractivity contribution < 1.29 is 14.3 Å². The first kappa shape index (κ1) is 18.1. The summed E-state index contributed by atoms with van der Waals surface area (Å²) in [6.45, 7) is 0.367. The Labute approximate surface area is 174 Å². The van der Waals surface area contributed by atoms with Crippen LogP contribution in [0, 0.1) is 0 Å². The van der Waals surface area contributed by atoms with E-state index in [0.29, 0.717) is 34.1 Å². The Bertz CT molecular complexity index is 1390. The molecule has 0 aliphatic carbocycles. The van der Waals surface area contributed by atoms with E-state index in [1.807, 2.05) is 54.6 Å². The number of rotatable bonds is 5. The van der Waals surface area contributed by atoms with Gasteiger partial charge in [-0.2, -0.15) is 0 Å². The number of phenolic OH excluding ortho intramolecular Hbond substituents is 1. The van der Waals surface area contributed by atoms with Gasteiger partial charge in [0.15, 0.2) is 10.8 Å². The van der Waals surface area contributed by atoms with Crippen LogP contribution in [0.4, 0.5) is 5.13 Å². The molecule has 3 aromatic heterocycles. The number of thiazole rings is 1. The Hall–Kier alpha value is -3.98. The standard InChI is InChI=1S/C21H15N5O3S/c27-19-14(9-8-13-5-4-10-22-17(13)19)11-23-21-24-16(12-30-21)18-20(28)29-25-26(18)15-6-2-1-3-7-15/h1-10,12H,11H2,(H2-,23,24,25,27,28)/p+1. The Morgan fingerprint density at radius 3 is 2.87 bits per heavy atom. The summed E-state index contributed by atoms with van der Waals surface area (Å²) in [6, 6.07) is 16.9. The lowest BCUT2D eigenvalue weighted by molar-refractivity contribution is -0.660. The van der Waals surface area contributed by atoms with Crippen LogP contribution in [0.1, 0.15) is 5.56 Å². The monoisotopic (exact) mass is 418 g/mol. The highest BCUT2D eigenvalue weighted by Crippen LogP contribution is 2.28. The number of nitrogens with zero attached hydrogens (tertiary/aromatic N) is 3. The van der Waals surface area contributed by atoms with Gasteiger partial charge in [-0.15, -0.1) is 11.3 Å². The maximum Gasteiger partial charge on any atom is 0.437 e. The molecule has 0 radical (unpaired) electrons. The van der Waals surface area contributed by atoms with Crippen molar-refractivity contribution in [2.24, 2.45) is 0 Å². The van der Waals surface area contributed by atoms with Crippen molar-refractivity contribution in [3.63, 3.8) is 0 Å². The number of benzene rings is 2. The zero-order chi connectivity index (χ0) is 20.5. The van der Waals surface area contributed by atoms with E-state index in [9.17, 15) is 9.90 Å². The predicted octanol–water partition coefficient (Wildman–Crippen LogP) is 3.23. The summed E-state index contributed by atoms with van der Waals surface area (Å²) in [5, 5.41) is 19.6. The van der Waals surface area contributed by atoms with E-state index in [2.05, 4.69) is 20.6 Å². The summed E-state index contributed by atoms with van der Waals surface area (Å²) >= 11 is 1.36. The molecule has 0 bridgehead atoms. The van der Waals surface area contributed by atoms with Gasteiger partial charge in [-0.1, -0.05) is 36.4 Å². The van der Waals surface area contributed by atoms with E-state index in [1.165, 1.54) is 11.3 Å². The summed E-state index contributed by atoms with van der Waals surface area (Å²) < 4.78 is 6.54. The zero-order valence-electron chi connectivity index (χ0n) is 15.6. The molecule has 2 aromatic carbocycles. The number of aromatic amines is 1. The molecule has 3 heterocycles. The van der Waals surface area contributed by atoms with Gasteiger partial charge in [-0.3, -0.25) is 9.51 Å². The van der Waals surface area contributed by atoms with Crippen LogP contribution < -0.4 is 15.6 Å². The van der Waals surface area contributed by atoms with Crippen molar-refractivity contribution in [2.75, 3.05) is 5.32 Å². The number of hydrogen-bond donors (Lipinski definition) is 3. The van der Waals surface area contributed by atoms with Crippen LogP contribution in [0.25, 0.3) is 28.0 Å². The van der Waals surface area contributed by atoms with E-state index in [1.54, 1.807) is 16.3 Å². The summed E-state index contributed by atoms with van der Waals surface area (Å²) in [4.78, 5) is 21.0. The second-order valence-corrected chi connectivity index (χ2v) is 7.40. The number of aromatic hydroxyl groups is 1. The first-order valence-corrected chi connectivity index (χ1v) is 10.0. The van der Waals surface area contributed by atoms with Crippen LogP contribution in [0.5, 0.6) is 5.75 Å². The molecule has 9 heteroatoms. The van der Waals surface area contributed by atoms with Crippen LogP contribution in [0.3, 0.4) is 0 Å². The van der Waals surface area contributed by atoms with Gasteiger partial charge in [0, 0.05) is 41.2 Å². The Morgan fingerprint density at radius 1 is 1.13 bits per heavy atom. The lowest BCUT2D eigenvalue weighted by atomic mass is 10.1. The van der Waals surface area contributed by atoms with Gasteiger partial charge in [0.25, 0.3) is 0 Å². The van der Waals surface area contributed by atoms with E-state index < -0.39 is 5.63 Å². The molecule has 0 amide bonds. The number of H-pyrrole nitrogens is 1. The molecule has 0 spiro atoms. The molecule has 0 unspecified atom stereocenters. The number of para-hydroxylation sites is 1. The molecule has 5 aromatic rings. The van der Waals surface area contributed by atoms with Crippen LogP contribution >= 0.6 is 11.3 Å². The number of nitrogens with one attached hydrogen (secondary N) is 2. The van der Waals surface area contributed by atoms with Gasteiger partial charge in [-0.05, 0) is 16.0 Å². The molecule has 8 nitrogen and oxygen atoms in total. The van der Waals surface area contributed by atoms with Gasteiger partial charge in [0.05, 0.1) is 0 Å². The summed E-state index contributed by atoms with van der Waals surface area (Å²) in [5.74, 6) is 0.144. The van der Waals surface area contributed by atoms with Gasteiger partial charge in [-0.25, -0.2) is 9.78 Å². The summed E-state index contributed by atoms with van der Waals surface area (Å²) in [7, 11) is 0. The topological polar surface area (TPSA) is 108 Å². The number of phenols is 1. The van der Waals surface area contributed by atoms with Crippen molar-refractivity contribution in [3.05, 3.63) is 82.2 Å². The van der Waals surface area contributed by atoms with Gasteiger partial charge in [0.2, 0.25) is 5.69 Å². The number of anilines is 1. The normalized spacial score (nSPS) is 11.1. The average Bonchev–Trinajstić information content (AvgIpc) is 3.40. The van der Waals surface area contributed by atoms with Crippen LogP contribution in [-0.4, -0.2) is 20.3 Å². The lowest BCUT2D eigenvalue weighted by Crippen LogP contribution is -2.36. The highest BCUT2D eigenvalue weighted by molar-refractivity contribution is 7.14. The molecule has 3 N–H and O–H groups in total. The highest BCUT2D eigenvalue weighted by Gasteiger charge is 2.27. The van der Waals surface area contributed by atoms with E-state index in [4.69, 9.17) is 4.52 Å². The Kier molecular flexibility index (Phi) is 4.49. The number of hydrogen-bond acceptors (Lipinski definition) is 7. The highest BCUT2D eigenvalue weighted by atomic mass is 32.1. The molecule has 0 aliphatic heterocycles. The second kappa shape index (κ2) is 7.45. The van der Waals surface area contributed by atoms with Gasteiger partial charge < -0.3 is 10.4 Å². The molecule has 0 saturated carbocycles. The minimum Gasteiger partial charge on any atom is -0.505 e. The number of fused-ring (bicyclic) bond motifs is 1. The number of aromatic nitrogens is 4. The van der Waals surface area contributed by atoms with Crippen LogP contribution in [-0.2, 0) is 6.54 Å². The Balaban J connectivity index is 1.41. The number of pyridine rings is 1. The molecule has 148 valence electrons. The van der Waals surface area contributed by atoms with Crippen molar-refractivity contribution in [3.8, 4) is 22.8 Å². The molecule has 0 saturated heterocycles. The minimum absolute atomic E-state index is 0.144. The van der Waals surface area contributed by atoms with Crippen LogP contribution in [0.2, 0.25) is 0 Å². The fourth-order valence-corrected chi connectivity index (χ4v) is 3.89. The third-order valence-corrected chi connectivity index (χ3v) is 5.47. The Morgan fingerprint density at radius 2 is 2.00 bits per heavy atom. The van der Waals surface area contributed by atoms with E-state index in [0.717, 1.165) is 11.1 Å². The third kappa shape index (κ3) is 3.20. The fraction of sp³-hybridized carbons (Fsp3) is 0.0476. The summed E-state index contributed by atoms with van der Waals surface area (Å²) in [6.07, 6.45) is 1.65. The van der Waals surface area contributed by atoms with Crippen molar-refractivity contribution >= 4 is 27.4 Å². The molecular formula is C21H16N5O3S+. The first-order chi connectivity index (χ1) is 14.7. The first-order valence-electron chi connectivity index (χ1n) is 9.15. The maximum atomic E-state index is 12.3. The fourth-order valence-electron chi connectivity index (χ4n) is 3.20. The van der Waals surface area contributed by atoms with Crippen molar-refractivity contribution in [2.45, 2.75) is 6.54 Å². The van der Waals surface area contributed by atoms with Crippen molar-refractivity contribution in [1.82, 2.24) is 15.2 Å². The molecular weight excluding hydrogens is 402 g/mol. The molecule has 0 aliphatic rings. The van der Waals surface area contributed by atoms with E-state index in [-0.39, 0.29) is 5.75 Å².